The zero-order valence-corrected chi connectivity index (χ0v) is 34.0. The highest BCUT2D eigenvalue weighted by molar-refractivity contribution is 6.08. The normalized spacial score (nSPS) is 13.3. The fourth-order valence-corrected chi connectivity index (χ4v) is 7.05. The van der Waals surface area contributed by atoms with Crippen LogP contribution in [-0.2, 0) is 40.4 Å². The number of fused-ring (bicyclic) bond motifs is 2. The zero-order chi connectivity index (χ0) is 42.4. The Morgan fingerprint density at radius 1 is 0.867 bits per heavy atom. The van der Waals surface area contributed by atoms with Crippen molar-refractivity contribution >= 4 is 59.2 Å². The number of ether oxygens (including phenoxy) is 1. The molecule has 0 spiro atoms. The average Bonchev–Trinajstić information content (AvgIpc) is 3.42. The maximum Gasteiger partial charge on any atom is 0.407 e. The van der Waals surface area contributed by atoms with Crippen molar-refractivity contribution in [3.8, 4) is 0 Å². The summed E-state index contributed by atoms with van der Waals surface area (Å²) in [5.74, 6) is -0.289. The maximum atomic E-state index is 13.5. The Morgan fingerprint density at radius 2 is 1.58 bits per heavy atom. The molecule has 4 aromatic rings. The molecule has 0 bridgehead atoms. The second-order valence-corrected chi connectivity index (χ2v) is 14.7. The standard InChI is InChI=1S/C45H51N9O6/c1-3-18-54(19-4-2)44(58)35-21-33-11-12-34(23-40(33)52-41(46)24-35)43(57)51-38-22-36-27-53(20-15-39(36)49-25-38)26-30-5-9-32(10-6-30)42(56)47-16-17-48-45(59)60-28-31-7-13-37(14-8-31)50-29-55/h5-14,21-23,25,29H,3-4,15-20,24,26-28H2,1-2H3,(H2,46,52)(H,47,56)(H,48,59)(H,50,55)(H,51,57). The first-order valence-electron chi connectivity index (χ1n) is 20.2. The van der Waals surface area contributed by atoms with Crippen molar-refractivity contribution in [1.82, 2.24) is 25.4 Å². The lowest BCUT2D eigenvalue weighted by Gasteiger charge is -2.28. The van der Waals surface area contributed by atoms with E-state index < -0.39 is 6.09 Å². The Morgan fingerprint density at radius 3 is 2.32 bits per heavy atom. The van der Waals surface area contributed by atoms with E-state index in [0.717, 1.165) is 53.8 Å². The molecule has 1 aromatic heterocycles. The number of benzene rings is 3. The molecule has 0 aliphatic carbocycles. The third kappa shape index (κ3) is 11.6. The van der Waals surface area contributed by atoms with Crippen molar-refractivity contribution < 1.29 is 28.7 Å². The molecule has 0 radical (unpaired) electrons. The van der Waals surface area contributed by atoms with E-state index in [0.29, 0.717) is 72.2 Å². The summed E-state index contributed by atoms with van der Waals surface area (Å²) in [4.78, 5) is 75.5. The van der Waals surface area contributed by atoms with E-state index >= 15 is 0 Å². The molecule has 15 heteroatoms. The summed E-state index contributed by atoms with van der Waals surface area (Å²) in [6, 6.07) is 21.5. The van der Waals surface area contributed by atoms with Gasteiger partial charge in [-0.3, -0.25) is 29.1 Å². The fourth-order valence-electron chi connectivity index (χ4n) is 7.05. The quantitative estimate of drug-likeness (QED) is 0.0671. The lowest BCUT2D eigenvalue weighted by molar-refractivity contribution is -0.127. The molecular weight excluding hydrogens is 763 g/mol. The molecule has 3 aromatic carbocycles. The third-order valence-electron chi connectivity index (χ3n) is 10.0. The van der Waals surface area contributed by atoms with Crippen LogP contribution in [0, 0.1) is 0 Å². The van der Waals surface area contributed by atoms with E-state index in [-0.39, 0.29) is 43.8 Å². The highest BCUT2D eigenvalue weighted by Gasteiger charge is 2.23. The first kappa shape index (κ1) is 42.7. The summed E-state index contributed by atoms with van der Waals surface area (Å²) < 4.78 is 5.20. The van der Waals surface area contributed by atoms with Gasteiger partial charge in [-0.1, -0.05) is 44.2 Å². The van der Waals surface area contributed by atoms with Crippen LogP contribution in [0.4, 0.5) is 21.9 Å². The molecule has 6 N–H and O–H groups in total. The lowest BCUT2D eigenvalue weighted by Crippen LogP contribution is -2.35. The minimum atomic E-state index is -0.604. The Balaban J connectivity index is 0.970. The number of rotatable bonds is 17. The van der Waals surface area contributed by atoms with Crippen molar-refractivity contribution in [1.29, 1.82) is 0 Å². The monoisotopic (exact) mass is 813 g/mol. The maximum absolute atomic E-state index is 13.5. The first-order valence-corrected chi connectivity index (χ1v) is 20.2. The summed E-state index contributed by atoms with van der Waals surface area (Å²) in [7, 11) is 0. The predicted octanol–water partition coefficient (Wildman–Crippen LogP) is 5.54. The van der Waals surface area contributed by atoms with Gasteiger partial charge in [-0.15, -0.1) is 0 Å². The molecule has 0 atom stereocenters. The zero-order valence-electron chi connectivity index (χ0n) is 34.0. The molecule has 2 aliphatic heterocycles. The minimum absolute atomic E-state index is 0.0419. The summed E-state index contributed by atoms with van der Waals surface area (Å²) in [6.45, 7) is 8.05. The number of amidine groups is 1. The number of hydrogen-bond donors (Lipinski definition) is 5. The number of aromatic nitrogens is 1. The van der Waals surface area contributed by atoms with Crippen LogP contribution in [0.5, 0.6) is 0 Å². The molecule has 3 heterocycles. The molecule has 2 aliphatic rings. The largest absolute Gasteiger partial charge is 0.445 e. The van der Waals surface area contributed by atoms with Gasteiger partial charge in [0.2, 0.25) is 12.3 Å². The van der Waals surface area contributed by atoms with Crippen LogP contribution in [0.25, 0.3) is 6.08 Å². The van der Waals surface area contributed by atoms with Crippen LogP contribution >= 0.6 is 0 Å². The van der Waals surface area contributed by atoms with Gasteiger partial charge in [0.15, 0.2) is 0 Å². The molecule has 0 unspecified atom stereocenters. The van der Waals surface area contributed by atoms with E-state index in [2.05, 4.69) is 36.1 Å². The Bertz CT molecular complexity index is 2250. The summed E-state index contributed by atoms with van der Waals surface area (Å²) >= 11 is 0. The number of alkyl carbamates (subject to hydrolysis) is 1. The third-order valence-corrected chi connectivity index (χ3v) is 10.0. The number of nitrogens with two attached hydrogens (primary N) is 1. The molecule has 0 saturated heterocycles. The number of amides is 5. The SMILES string of the molecule is CCCN(CCC)C(=O)C1=Cc2ccc(C(=O)Nc3cnc4c(c3)CN(Cc3ccc(C(=O)NCCNC(=O)OCc5ccc(NC=O)cc5)cc3)CC4)cc2N=C(N)C1. The molecule has 0 fully saturated rings. The van der Waals surface area contributed by atoms with Crippen molar-refractivity contribution in [2.45, 2.75) is 59.2 Å². The predicted molar refractivity (Wildman–Crippen MR) is 231 cm³/mol. The Kier molecular flexibility index (Phi) is 14.7. The highest BCUT2D eigenvalue weighted by atomic mass is 16.5. The number of aliphatic imine (C=N–C) groups is 1. The van der Waals surface area contributed by atoms with E-state index in [1.165, 1.54) is 0 Å². The van der Waals surface area contributed by atoms with Gasteiger partial charge in [-0.25, -0.2) is 9.79 Å². The summed E-state index contributed by atoms with van der Waals surface area (Å²) in [5.41, 5.74) is 14.1. The second kappa shape index (κ2) is 20.7. The highest BCUT2D eigenvalue weighted by Crippen LogP contribution is 2.29. The van der Waals surface area contributed by atoms with Gasteiger partial charge in [0, 0.05) is 92.3 Å². The van der Waals surface area contributed by atoms with Crippen molar-refractivity contribution in [3.63, 3.8) is 0 Å². The van der Waals surface area contributed by atoms with E-state index in [1.807, 2.05) is 43.0 Å². The smallest absolute Gasteiger partial charge is 0.407 e. The molecule has 0 saturated carbocycles. The topological polar surface area (TPSA) is 200 Å². The van der Waals surface area contributed by atoms with E-state index in [9.17, 15) is 24.0 Å². The van der Waals surface area contributed by atoms with Crippen LogP contribution in [0.2, 0.25) is 0 Å². The van der Waals surface area contributed by atoms with Crippen LogP contribution in [-0.4, -0.2) is 83.6 Å². The first-order chi connectivity index (χ1) is 29.1. The molecule has 5 amide bonds. The van der Waals surface area contributed by atoms with E-state index in [1.54, 1.807) is 60.8 Å². The van der Waals surface area contributed by atoms with Gasteiger partial charge in [-0.2, -0.15) is 0 Å². The summed E-state index contributed by atoms with van der Waals surface area (Å²) in [5, 5.41) is 10.9. The Hall–Kier alpha value is -6.87. The van der Waals surface area contributed by atoms with E-state index in [4.69, 9.17) is 10.5 Å². The average molecular weight is 814 g/mol. The summed E-state index contributed by atoms with van der Waals surface area (Å²) in [6.07, 6.45) is 6.22. The van der Waals surface area contributed by atoms with Gasteiger partial charge < -0.3 is 36.6 Å². The minimum Gasteiger partial charge on any atom is -0.445 e. The van der Waals surface area contributed by atoms with Gasteiger partial charge >= 0.3 is 6.09 Å². The van der Waals surface area contributed by atoms with Crippen LogP contribution < -0.4 is 27.0 Å². The van der Waals surface area contributed by atoms with Gasteiger partial charge in [0.1, 0.15) is 12.4 Å². The van der Waals surface area contributed by atoms with Crippen molar-refractivity contribution in [2.24, 2.45) is 10.7 Å². The van der Waals surface area contributed by atoms with Crippen LogP contribution in [0.1, 0.15) is 81.8 Å². The fraction of sp³-hybridized carbons (Fsp3) is 0.311. The molecule has 312 valence electrons. The van der Waals surface area contributed by atoms with Gasteiger partial charge in [-0.05, 0) is 78.1 Å². The van der Waals surface area contributed by atoms with Crippen molar-refractivity contribution in [2.75, 3.05) is 43.4 Å². The number of nitrogens with zero attached hydrogens (tertiary/aromatic N) is 4. The number of anilines is 2. The number of hydrogen-bond acceptors (Lipinski definition) is 10. The Labute approximate surface area is 349 Å². The van der Waals surface area contributed by atoms with Gasteiger partial charge in [0.05, 0.1) is 17.6 Å². The number of carbonyl (C=O) groups excluding carboxylic acids is 5. The number of carbonyl (C=O) groups is 5. The number of nitrogens with one attached hydrogen (secondary N) is 4. The molecular formula is C45H51N9O6. The van der Waals surface area contributed by atoms with Crippen LogP contribution in [0.3, 0.4) is 0 Å². The number of pyridine rings is 1. The van der Waals surface area contributed by atoms with Crippen molar-refractivity contribution in [3.05, 3.63) is 124 Å². The molecule has 15 nitrogen and oxygen atoms in total. The second-order valence-electron chi connectivity index (χ2n) is 14.7. The van der Waals surface area contributed by atoms with Crippen LogP contribution in [0.15, 0.2) is 89.6 Å². The molecule has 6 rings (SSSR count). The van der Waals surface area contributed by atoms with Gasteiger partial charge in [0.25, 0.3) is 11.8 Å². The lowest BCUT2D eigenvalue weighted by atomic mass is 10.0. The molecule has 60 heavy (non-hydrogen) atoms.